The van der Waals surface area contributed by atoms with E-state index in [0.717, 1.165) is 12.0 Å². The van der Waals surface area contributed by atoms with Crippen LogP contribution in [0.5, 0.6) is 0 Å². The molecule has 2 atom stereocenters. The van der Waals surface area contributed by atoms with E-state index in [9.17, 15) is 0 Å². The molecule has 2 rings (SSSR count). The molecule has 0 bridgehead atoms. The maximum Gasteiger partial charge on any atom is 0.0328 e. The van der Waals surface area contributed by atoms with Gasteiger partial charge in [-0.15, -0.1) is 0 Å². The second kappa shape index (κ2) is 5.71. The van der Waals surface area contributed by atoms with Crippen molar-refractivity contribution in [3.8, 4) is 0 Å². The first-order valence-corrected chi connectivity index (χ1v) is 7.59. The molecule has 2 saturated carbocycles. The summed E-state index contributed by atoms with van der Waals surface area (Å²) in [6.07, 6.45) is 11.3. The van der Waals surface area contributed by atoms with Crippen molar-refractivity contribution in [1.82, 2.24) is 10.2 Å². The normalized spacial score (nSPS) is 32.5. The Labute approximate surface area is 107 Å². The molecule has 0 radical (unpaired) electrons. The van der Waals surface area contributed by atoms with E-state index in [1.165, 1.54) is 57.9 Å². The largest absolute Gasteiger partial charge is 0.312 e. The van der Waals surface area contributed by atoms with Gasteiger partial charge in [0.15, 0.2) is 0 Å². The van der Waals surface area contributed by atoms with E-state index in [1.54, 1.807) is 0 Å². The van der Waals surface area contributed by atoms with Crippen molar-refractivity contribution in [3.05, 3.63) is 0 Å². The lowest BCUT2D eigenvalue weighted by molar-refractivity contribution is 0.0520. The summed E-state index contributed by atoms with van der Waals surface area (Å²) in [6.45, 7) is 3.57. The van der Waals surface area contributed by atoms with Gasteiger partial charge in [-0.25, -0.2) is 0 Å². The van der Waals surface area contributed by atoms with E-state index in [0.29, 0.717) is 5.54 Å². The molecule has 0 aromatic carbocycles. The molecule has 2 nitrogen and oxygen atoms in total. The quantitative estimate of drug-likeness (QED) is 0.792. The first-order valence-electron chi connectivity index (χ1n) is 7.59. The van der Waals surface area contributed by atoms with E-state index in [1.807, 2.05) is 0 Å². The van der Waals surface area contributed by atoms with Crippen molar-refractivity contribution in [2.75, 3.05) is 20.6 Å². The first kappa shape index (κ1) is 13.4. The van der Waals surface area contributed by atoms with Gasteiger partial charge in [-0.3, -0.25) is 0 Å². The van der Waals surface area contributed by atoms with Gasteiger partial charge >= 0.3 is 0 Å². The highest BCUT2D eigenvalue weighted by Crippen LogP contribution is 2.36. The number of hydrogen-bond acceptors (Lipinski definition) is 2. The van der Waals surface area contributed by atoms with Crippen LogP contribution in [0.15, 0.2) is 0 Å². The van der Waals surface area contributed by atoms with Crippen LogP contribution in [0, 0.1) is 5.92 Å². The second-order valence-corrected chi connectivity index (χ2v) is 6.41. The van der Waals surface area contributed by atoms with Gasteiger partial charge in [-0.05, 0) is 52.1 Å². The Morgan fingerprint density at radius 3 is 2.35 bits per heavy atom. The second-order valence-electron chi connectivity index (χ2n) is 6.41. The third kappa shape index (κ3) is 2.85. The Kier molecular flexibility index (Phi) is 4.48. The van der Waals surface area contributed by atoms with Gasteiger partial charge < -0.3 is 10.2 Å². The van der Waals surface area contributed by atoms with Crippen LogP contribution in [0.3, 0.4) is 0 Å². The minimum absolute atomic E-state index is 0.482. The molecule has 0 amide bonds. The zero-order valence-electron chi connectivity index (χ0n) is 12.0. The van der Waals surface area contributed by atoms with E-state index in [2.05, 4.69) is 31.2 Å². The van der Waals surface area contributed by atoms with E-state index < -0.39 is 0 Å². The van der Waals surface area contributed by atoms with E-state index >= 15 is 0 Å². The molecule has 2 aliphatic carbocycles. The maximum absolute atomic E-state index is 3.91. The fourth-order valence-corrected chi connectivity index (χ4v) is 3.65. The molecule has 17 heavy (non-hydrogen) atoms. The number of hydrogen-bond donors (Lipinski definition) is 1. The van der Waals surface area contributed by atoms with Crippen LogP contribution in [0.25, 0.3) is 0 Å². The molecule has 0 saturated heterocycles. The SMILES string of the molecule is CCC1CCCCC1NCC1(N(C)C)CCC1. The van der Waals surface area contributed by atoms with E-state index in [-0.39, 0.29) is 0 Å². The highest BCUT2D eigenvalue weighted by molar-refractivity contribution is 4.98. The lowest BCUT2D eigenvalue weighted by Crippen LogP contribution is -2.58. The Morgan fingerprint density at radius 1 is 1.12 bits per heavy atom. The summed E-state index contributed by atoms with van der Waals surface area (Å²) in [4.78, 5) is 2.45. The molecule has 0 spiro atoms. The van der Waals surface area contributed by atoms with Crippen molar-refractivity contribution >= 4 is 0 Å². The summed E-state index contributed by atoms with van der Waals surface area (Å²) in [6, 6.07) is 0.797. The van der Waals surface area contributed by atoms with Crippen LogP contribution in [0.2, 0.25) is 0 Å². The molecule has 2 unspecified atom stereocenters. The Balaban J connectivity index is 1.83. The number of nitrogens with zero attached hydrogens (tertiary/aromatic N) is 1. The van der Waals surface area contributed by atoms with Crippen LogP contribution in [-0.2, 0) is 0 Å². The topological polar surface area (TPSA) is 15.3 Å². The van der Waals surface area contributed by atoms with Gasteiger partial charge in [-0.2, -0.15) is 0 Å². The van der Waals surface area contributed by atoms with Crippen LogP contribution in [-0.4, -0.2) is 37.1 Å². The Hall–Kier alpha value is -0.0800. The van der Waals surface area contributed by atoms with Crippen LogP contribution < -0.4 is 5.32 Å². The summed E-state index contributed by atoms with van der Waals surface area (Å²) >= 11 is 0. The molecule has 100 valence electrons. The van der Waals surface area contributed by atoms with Crippen molar-refractivity contribution in [2.45, 2.75) is 69.9 Å². The van der Waals surface area contributed by atoms with Crippen molar-refractivity contribution in [1.29, 1.82) is 0 Å². The Morgan fingerprint density at radius 2 is 1.82 bits per heavy atom. The molecule has 2 heteroatoms. The minimum atomic E-state index is 0.482. The zero-order chi connectivity index (χ0) is 12.3. The molecule has 2 aliphatic rings. The highest BCUT2D eigenvalue weighted by atomic mass is 15.2. The summed E-state index contributed by atoms with van der Waals surface area (Å²) in [5.41, 5.74) is 0.482. The predicted molar refractivity (Wildman–Crippen MR) is 74.3 cm³/mol. The number of nitrogens with one attached hydrogen (secondary N) is 1. The fraction of sp³-hybridized carbons (Fsp3) is 1.00. The average molecular weight is 238 g/mol. The summed E-state index contributed by atoms with van der Waals surface area (Å²) in [7, 11) is 4.50. The molecule has 2 fully saturated rings. The molecule has 0 aromatic heterocycles. The summed E-state index contributed by atoms with van der Waals surface area (Å²) < 4.78 is 0. The average Bonchev–Trinajstić information content (AvgIpc) is 2.27. The van der Waals surface area contributed by atoms with E-state index in [4.69, 9.17) is 0 Å². The highest BCUT2D eigenvalue weighted by Gasteiger charge is 2.39. The molecule has 0 aliphatic heterocycles. The van der Waals surface area contributed by atoms with Gasteiger partial charge in [0.05, 0.1) is 0 Å². The maximum atomic E-state index is 3.91. The smallest absolute Gasteiger partial charge is 0.0328 e. The standard InChI is InChI=1S/C15H30N2/c1-4-13-8-5-6-9-14(13)16-12-15(17(2)3)10-7-11-15/h13-14,16H,4-12H2,1-3H3. The monoisotopic (exact) mass is 238 g/mol. The lowest BCUT2D eigenvalue weighted by atomic mass is 9.75. The molecule has 0 aromatic rings. The van der Waals surface area contributed by atoms with Crippen LogP contribution in [0.1, 0.15) is 58.3 Å². The summed E-state index contributed by atoms with van der Waals surface area (Å²) in [5.74, 6) is 0.933. The van der Waals surface area contributed by atoms with Gasteiger partial charge in [0.1, 0.15) is 0 Å². The molecular weight excluding hydrogens is 208 g/mol. The first-order chi connectivity index (χ1) is 8.18. The minimum Gasteiger partial charge on any atom is -0.312 e. The van der Waals surface area contributed by atoms with Crippen LogP contribution >= 0.6 is 0 Å². The number of rotatable bonds is 5. The molecule has 0 heterocycles. The third-order valence-corrected chi connectivity index (χ3v) is 5.36. The zero-order valence-corrected chi connectivity index (χ0v) is 12.0. The molecular formula is C15H30N2. The van der Waals surface area contributed by atoms with Gasteiger partial charge in [0.25, 0.3) is 0 Å². The Bertz CT molecular complexity index is 233. The lowest BCUT2D eigenvalue weighted by Gasteiger charge is -2.49. The van der Waals surface area contributed by atoms with Crippen molar-refractivity contribution in [2.24, 2.45) is 5.92 Å². The third-order valence-electron chi connectivity index (χ3n) is 5.36. The van der Waals surface area contributed by atoms with Crippen molar-refractivity contribution in [3.63, 3.8) is 0 Å². The fourth-order valence-electron chi connectivity index (χ4n) is 3.65. The summed E-state index contributed by atoms with van der Waals surface area (Å²) in [5, 5.41) is 3.91. The van der Waals surface area contributed by atoms with Crippen LogP contribution in [0.4, 0.5) is 0 Å². The molecule has 1 N–H and O–H groups in total. The van der Waals surface area contributed by atoms with Gasteiger partial charge in [0.2, 0.25) is 0 Å². The van der Waals surface area contributed by atoms with Gasteiger partial charge in [0, 0.05) is 18.1 Å². The van der Waals surface area contributed by atoms with Crippen molar-refractivity contribution < 1.29 is 0 Å². The van der Waals surface area contributed by atoms with Gasteiger partial charge in [-0.1, -0.05) is 26.2 Å². The number of likely N-dealkylation sites (N-methyl/N-ethyl adjacent to an activating group) is 1. The predicted octanol–water partition coefficient (Wildman–Crippen LogP) is 3.03.